The molecule has 2 aliphatic carbocycles. The first-order valence-corrected chi connectivity index (χ1v) is 19.0. The third-order valence-corrected chi connectivity index (χ3v) is 10.5. The maximum atomic E-state index is 12.9. The molecule has 0 aromatic heterocycles. The van der Waals surface area contributed by atoms with Gasteiger partial charge in [0.05, 0.1) is 5.56 Å². The van der Waals surface area contributed by atoms with Crippen molar-refractivity contribution in [3.8, 4) is 11.1 Å². The van der Waals surface area contributed by atoms with E-state index in [1.165, 1.54) is 76.5 Å². The quantitative estimate of drug-likeness (QED) is 0.0748. The fourth-order valence-electron chi connectivity index (χ4n) is 7.79. The topological polar surface area (TPSA) is 126 Å². The first kappa shape index (κ1) is 36.3. The molecule has 0 spiro atoms. The van der Waals surface area contributed by atoms with E-state index < -0.39 is 27.6 Å². The van der Waals surface area contributed by atoms with Crippen LogP contribution in [0.3, 0.4) is 0 Å². The zero-order chi connectivity index (χ0) is 37.9. The average Bonchev–Trinajstić information content (AvgIpc) is 3.20. The maximum Gasteiger partial charge on any atom is 0.252 e. The number of hydrogen-bond acceptors (Lipinski definition) is 6. The third-order valence-electron chi connectivity index (χ3n) is 10.5. The molecule has 0 aliphatic heterocycles. The molecule has 0 radical (unpaired) electrons. The molecular formula is C46H42N2O6. The smallest absolute Gasteiger partial charge is 0.252 e. The van der Waals surface area contributed by atoms with Gasteiger partial charge in [0.15, 0.2) is 0 Å². The summed E-state index contributed by atoms with van der Waals surface area (Å²) in [5.41, 5.74) is -1.71. The molecule has 0 heterocycles. The van der Waals surface area contributed by atoms with E-state index in [-0.39, 0.29) is 44.1 Å². The standard InChI is InChI=1S/C23H19NO5.C23H23NO/c1-2-3-4-5-11-24-23(29)15-10-9-14-17-16-12(19(25)20(14)26)7-6-8-13(16)21(27)22(28)18(15)17;1-2-3-4-5-15-24-23(25)20-14-12-18-10-9-16-7-6-8-17-11-13-19(20)22(18)21(16)17/h6-10H,2-5,11H2,1H3,(H,24,29);6-14H,2-5,15H2,1H3,(H,24,25). The molecule has 6 aromatic rings. The molecule has 8 nitrogen and oxygen atoms in total. The molecule has 8 rings (SSSR count). The summed E-state index contributed by atoms with van der Waals surface area (Å²) in [5.74, 6) is -0.430. The van der Waals surface area contributed by atoms with Crippen LogP contribution in [0, 0.1) is 0 Å². The van der Waals surface area contributed by atoms with Gasteiger partial charge in [0.1, 0.15) is 0 Å². The molecule has 6 aromatic carbocycles. The van der Waals surface area contributed by atoms with Crippen molar-refractivity contribution in [2.45, 2.75) is 65.2 Å². The fourth-order valence-corrected chi connectivity index (χ4v) is 7.79. The number of carbonyl (C=O) groups is 2. The summed E-state index contributed by atoms with van der Waals surface area (Å²) in [6, 6.07) is 26.1. The van der Waals surface area contributed by atoms with Crippen molar-refractivity contribution in [3.63, 3.8) is 0 Å². The van der Waals surface area contributed by atoms with Gasteiger partial charge in [0, 0.05) is 51.3 Å². The molecule has 0 atom stereocenters. The number of carbonyl (C=O) groups excluding carboxylic acids is 2. The van der Waals surface area contributed by atoms with Crippen LogP contribution < -0.4 is 32.3 Å². The lowest BCUT2D eigenvalue weighted by atomic mass is 9.85. The van der Waals surface area contributed by atoms with Gasteiger partial charge in [-0.05, 0) is 63.4 Å². The third kappa shape index (κ3) is 6.46. The SMILES string of the molecule is CCCCCCNC(=O)c1ccc2c3c1c(=O)c(=O)c1cccc(c1-3)c(=O)c2=O.CCCCCCNC(=O)c1ccc2ccc3cccc4ccc1c2c34. The molecule has 0 saturated carbocycles. The summed E-state index contributed by atoms with van der Waals surface area (Å²) >= 11 is 0. The minimum Gasteiger partial charge on any atom is -0.352 e. The molecule has 0 bridgehead atoms. The van der Waals surface area contributed by atoms with Crippen LogP contribution in [0.5, 0.6) is 0 Å². The average molecular weight is 719 g/mol. The summed E-state index contributed by atoms with van der Waals surface area (Å²) in [5, 5.41) is 13.2. The van der Waals surface area contributed by atoms with Crippen LogP contribution >= 0.6 is 0 Å². The molecule has 0 unspecified atom stereocenters. The molecule has 0 fully saturated rings. The highest BCUT2D eigenvalue weighted by Crippen LogP contribution is 2.37. The Morgan fingerprint density at radius 3 is 1.50 bits per heavy atom. The van der Waals surface area contributed by atoms with Crippen LogP contribution in [0.2, 0.25) is 0 Å². The van der Waals surface area contributed by atoms with Crippen LogP contribution in [0.15, 0.2) is 104 Å². The summed E-state index contributed by atoms with van der Waals surface area (Å²) < 4.78 is 0. The van der Waals surface area contributed by atoms with Crippen molar-refractivity contribution < 1.29 is 9.59 Å². The highest BCUT2D eigenvalue weighted by atomic mass is 16.2. The van der Waals surface area contributed by atoms with Gasteiger partial charge in [0.2, 0.25) is 21.7 Å². The summed E-state index contributed by atoms with van der Waals surface area (Å²) in [6.07, 6.45) is 8.61. The lowest BCUT2D eigenvalue weighted by Gasteiger charge is -2.16. The number of nitrogens with one attached hydrogen (secondary N) is 2. The van der Waals surface area contributed by atoms with Gasteiger partial charge in [-0.25, -0.2) is 0 Å². The van der Waals surface area contributed by atoms with Crippen LogP contribution in [0.4, 0.5) is 0 Å². The second-order valence-corrected chi connectivity index (χ2v) is 14.1. The monoisotopic (exact) mass is 718 g/mol. The molecular weight excluding hydrogens is 677 g/mol. The highest BCUT2D eigenvalue weighted by molar-refractivity contribution is 6.26. The number of rotatable bonds is 12. The molecule has 2 amide bonds. The molecule has 2 aliphatic rings. The molecule has 54 heavy (non-hydrogen) atoms. The minimum atomic E-state index is -0.829. The van der Waals surface area contributed by atoms with Crippen LogP contribution in [-0.2, 0) is 0 Å². The van der Waals surface area contributed by atoms with Crippen LogP contribution in [-0.4, -0.2) is 24.9 Å². The van der Waals surface area contributed by atoms with Crippen molar-refractivity contribution >= 4 is 65.7 Å². The lowest BCUT2D eigenvalue weighted by Crippen LogP contribution is -2.33. The largest absolute Gasteiger partial charge is 0.352 e. The summed E-state index contributed by atoms with van der Waals surface area (Å²) in [4.78, 5) is 76.1. The minimum absolute atomic E-state index is 0.0365. The Kier molecular flexibility index (Phi) is 10.4. The van der Waals surface area contributed by atoms with Gasteiger partial charge in [-0.2, -0.15) is 0 Å². The highest BCUT2D eigenvalue weighted by Gasteiger charge is 2.27. The Hall–Kier alpha value is -6.02. The van der Waals surface area contributed by atoms with Gasteiger partial charge in [-0.1, -0.05) is 119 Å². The van der Waals surface area contributed by atoms with E-state index >= 15 is 0 Å². The van der Waals surface area contributed by atoms with Crippen LogP contribution in [0.1, 0.15) is 85.9 Å². The van der Waals surface area contributed by atoms with E-state index in [9.17, 15) is 28.8 Å². The Morgan fingerprint density at radius 2 is 0.889 bits per heavy atom. The second-order valence-electron chi connectivity index (χ2n) is 14.1. The van der Waals surface area contributed by atoms with E-state index in [0.717, 1.165) is 49.6 Å². The number of amides is 2. The van der Waals surface area contributed by atoms with Crippen molar-refractivity contribution in [2.75, 3.05) is 13.1 Å². The van der Waals surface area contributed by atoms with Gasteiger partial charge in [-0.15, -0.1) is 0 Å². The molecule has 8 heteroatoms. The Morgan fingerprint density at radius 1 is 0.426 bits per heavy atom. The molecule has 272 valence electrons. The Labute approximate surface area is 311 Å². The van der Waals surface area contributed by atoms with Crippen molar-refractivity contribution in [1.82, 2.24) is 10.6 Å². The van der Waals surface area contributed by atoms with Crippen LogP contribution in [0.25, 0.3) is 65.0 Å². The van der Waals surface area contributed by atoms with E-state index in [1.54, 1.807) is 0 Å². The van der Waals surface area contributed by atoms with E-state index in [1.807, 2.05) is 6.07 Å². The zero-order valence-electron chi connectivity index (χ0n) is 30.6. The predicted octanol–water partition coefficient (Wildman–Crippen LogP) is 8.06. The summed E-state index contributed by atoms with van der Waals surface area (Å²) in [6.45, 7) is 5.50. The van der Waals surface area contributed by atoms with E-state index in [4.69, 9.17) is 0 Å². The first-order valence-electron chi connectivity index (χ1n) is 19.0. The fraction of sp³-hybridized carbons (Fsp3) is 0.261. The normalized spacial score (nSPS) is 11.6. The number of benzene rings is 8. The van der Waals surface area contributed by atoms with Crippen molar-refractivity contribution in [1.29, 1.82) is 0 Å². The first-order chi connectivity index (χ1) is 26.3. The van der Waals surface area contributed by atoms with Crippen molar-refractivity contribution in [2.24, 2.45) is 0 Å². The Bertz CT molecular complexity index is 2820. The summed E-state index contributed by atoms with van der Waals surface area (Å²) in [7, 11) is 0. The van der Waals surface area contributed by atoms with Gasteiger partial charge >= 0.3 is 0 Å². The van der Waals surface area contributed by atoms with Crippen molar-refractivity contribution in [3.05, 3.63) is 137 Å². The number of hydrogen-bond donors (Lipinski definition) is 2. The van der Waals surface area contributed by atoms with E-state index in [0.29, 0.717) is 6.54 Å². The molecule has 0 saturated heterocycles. The van der Waals surface area contributed by atoms with Gasteiger partial charge in [0.25, 0.3) is 11.8 Å². The second kappa shape index (κ2) is 15.5. The van der Waals surface area contributed by atoms with Gasteiger partial charge in [-0.3, -0.25) is 28.8 Å². The lowest BCUT2D eigenvalue weighted by molar-refractivity contribution is 0.0946. The molecule has 2 N–H and O–H groups in total. The Balaban J connectivity index is 0.000000168. The van der Waals surface area contributed by atoms with E-state index in [2.05, 4.69) is 73.0 Å². The van der Waals surface area contributed by atoms with Gasteiger partial charge < -0.3 is 10.6 Å². The predicted molar refractivity (Wildman–Crippen MR) is 220 cm³/mol. The number of unbranched alkanes of at least 4 members (excludes halogenated alkanes) is 6. The zero-order valence-corrected chi connectivity index (χ0v) is 30.6. The maximum absolute atomic E-state index is 12.9.